The molecule has 0 atom stereocenters. The summed E-state index contributed by atoms with van der Waals surface area (Å²) in [4.78, 5) is 4.18. The van der Waals surface area contributed by atoms with Gasteiger partial charge in [0.1, 0.15) is 17.6 Å². The van der Waals surface area contributed by atoms with Crippen molar-refractivity contribution >= 4 is 22.2 Å². The number of hydrogen-bond donors (Lipinski definition) is 1. The van der Waals surface area contributed by atoms with Crippen LogP contribution in [-0.4, -0.2) is 4.98 Å². The number of nitrogens with one attached hydrogen (secondary N) is 1. The van der Waals surface area contributed by atoms with E-state index in [0.29, 0.717) is 11.3 Å². The summed E-state index contributed by atoms with van der Waals surface area (Å²) >= 11 is 1.53. The lowest BCUT2D eigenvalue weighted by atomic mass is 10.2. The van der Waals surface area contributed by atoms with Crippen LogP contribution in [-0.2, 0) is 0 Å². The minimum atomic E-state index is 0.544. The summed E-state index contributed by atoms with van der Waals surface area (Å²) in [6, 6.07) is 7.63. The summed E-state index contributed by atoms with van der Waals surface area (Å²) in [6.45, 7) is 0. The maximum Gasteiger partial charge on any atom is 0.187 e. The highest BCUT2D eigenvalue weighted by molar-refractivity contribution is 7.13. The van der Waals surface area contributed by atoms with E-state index in [1.807, 2.05) is 17.5 Å². The van der Waals surface area contributed by atoms with E-state index in [0.717, 1.165) is 35.8 Å². The molecule has 0 fully saturated rings. The van der Waals surface area contributed by atoms with Gasteiger partial charge in [0, 0.05) is 29.8 Å². The third kappa shape index (κ3) is 2.81. The first-order valence-corrected chi connectivity index (χ1v) is 7.30. The van der Waals surface area contributed by atoms with E-state index >= 15 is 0 Å². The van der Waals surface area contributed by atoms with Gasteiger partial charge in [0.15, 0.2) is 5.13 Å². The Bertz CT molecular complexity index is 671. The van der Waals surface area contributed by atoms with Gasteiger partial charge in [-0.25, -0.2) is 4.98 Å². The van der Waals surface area contributed by atoms with Gasteiger partial charge in [-0.15, -0.1) is 11.3 Å². The fraction of sp³-hybridized carbons (Fsp3) is 0.200. The number of nitrogens with zero attached hydrogens (tertiary/aromatic N) is 2. The highest BCUT2D eigenvalue weighted by Gasteiger charge is 2.11. The summed E-state index contributed by atoms with van der Waals surface area (Å²) in [5, 5.41) is 15.1. The van der Waals surface area contributed by atoms with Gasteiger partial charge >= 0.3 is 0 Å². The SMILES string of the molecule is N#Cc1ccc(Nc2nccs2)cc1OC1=CCCC1. The second-order valence-electron chi connectivity index (χ2n) is 4.45. The predicted octanol–water partition coefficient (Wildman–Crippen LogP) is 4.20. The fourth-order valence-corrected chi connectivity index (χ4v) is 2.61. The zero-order chi connectivity index (χ0) is 13.8. The van der Waals surface area contributed by atoms with Crippen LogP contribution >= 0.6 is 11.3 Å². The average Bonchev–Trinajstić information content (AvgIpc) is 3.13. The van der Waals surface area contributed by atoms with Crippen molar-refractivity contribution < 1.29 is 4.74 Å². The molecule has 1 aliphatic carbocycles. The van der Waals surface area contributed by atoms with Crippen LogP contribution in [0.5, 0.6) is 5.75 Å². The molecule has 0 unspecified atom stereocenters. The Morgan fingerprint density at radius 2 is 2.35 bits per heavy atom. The van der Waals surface area contributed by atoms with E-state index in [1.165, 1.54) is 11.3 Å². The zero-order valence-electron chi connectivity index (χ0n) is 10.8. The third-order valence-corrected chi connectivity index (χ3v) is 3.71. The summed E-state index contributed by atoms with van der Waals surface area (Å²) in [5.74, 6) is 1.55. The molecule has 100 valence electrons. The number of nitriles is 1. The molecule has 0 radical (unpaired) electrons. The molecule has 2 aromatic rings. The second kappa shape index (κ2) is 5.76. The van der Waals surface area contributed by atoms with Gasteiger partial charge in [-0.2, -0.15) is 5.26 Å². The van der Waals surface area contributed by atoms with Crippen LogP contribution in [0.3, 0.4) is 0 Å². The van der Waals surface area contributed by atoms with E-state index in [2.05, 4.69) is 22.4 Å². The average molecular weight is 283 g/mol. The van der Waals surface area contributed by atoms with E-state index in [9.17, 15) is 0 Å². The van der Waals surface area contributed by atoms with Crippen molar-refractivity contribution in [3.05, 3.63) is 47.2 Å². The molecule has 1 aromatic heterocycles. The molecular weight excluding hydrogens is 270 g/mol. The molecule has 0 saturated heterocycles. The Morgan fingerprint density at radius 3 is 3.05 bits per heavy atom. The van der Waals surface area contributed by atoms with Crippen LogP contribution in [0.1, 0.15) is 24.8 Å². The lowest BCUT2D eigenvalue weighted by Gasteiger charge is -2.10. The Balaban J connectivity index is 1.84. The van der Waals surface area contributed by atoms with Crippen molar-refractivity contribution in [2.75, 3.05) is 5.32 Å². The zero-order valence-corrected chi connectivity index (χ0v) is 11.6. The standard InChI is InChI=1S/C15H13N3OS/c16-10-11-5-6-12(18-15-17-7-8-20-15)9-14(11)19-13-3-1-2-4-13/h3,5-9H,1-2,4H2,(H,17,18). The van der Waals surface area contributed by atoms with Gasteiger partial charge in [0.25, 0.3) is 0 Å². The number of hydrogen-bond acceptors (Lipinski definition) is 5. The molecule has 1 heterocycles. The Labute approximate surface area is 121 Å². The molecule has 1 N–H and O–H groups in total. The number of ether oxygens (including phenoxy) is 1. The predicted molar refractivity (Wildman–Crippen MR) is 79.1 cm³/mol. The van der Waals surface area contributed by atoms with Crippen LogP contribution in [0, 0.1) is 11.3 Å². The van der Waals surface area contributed by atoms with Crippen LogP contribution in [0.4, 0.5) is 10.8 Å². The van der Waals surface area contributed by atoms with Crippen LogP contribution < -0.4 is 10.1 Å². The summed E-state index contributed by atoms with van der Waals surface area (Å²) in [6.07, 6.45) is 6.94. The highest BCUT2D eigenvalue weighted by Crippen LogP contribution is 2.29. The van der Waals surface area contributed by atoms with Crippen molar-refractivity contribution in [3.8, 4) is 11.8 Å². The Morgan fingerprint density at radius 1 is 1.40 bits per heavy atom. The van der Waals surface area contributed by atoms with Crippen molar-refractivity contribution in [1.82, 2.24) is 4.98 Å². The molecule has 0 bridgehead atoms. The normalized spacial score (nSPS) is 13.7. The molecule has 0 spiro atoms. The maximum atomic E-state index is 9.16. The summed E-state index contributed by atoms with van der Waals surface area (Å²) < 4.78 is 5.84. The quantitative estimate of drug-likeness (QED) is 0.913. The first-order chi connectivity index (χ1) is 9.85. The molecule has 3 rings (SSSR count). The highest BCUT2D eigenvalue weighted by atomic mass is 32.1. The van der Waals surface area contributed by atoms with Gasteiger partial charge in [0.05, 0.1) is 5.56 Å². The van der Waals surface area contributed by atoms with Gasteiger partial charge in [-0.1, -0.05) is 0 Å². The number of aromatic nitrogens is 1. The summed E-state index contributed by atoms with van der Waals surface area (Å²) in [5.41, 5.74) is 1.41. The molecular formula is C15H13N3OS. The third-order valence-electron chi connectivity index (χ3n) is 3.03. The molecule has 1 aromatic carbocycles. The summed E-state index contributed by atoms with van der Waals surface area (Å²) in [7, 11) is 0. The molecule has 4 nitrogen and oxygen atoms in total. The Kier molecular flexibility index (Phi) is 3.66. The molecule has 0 amide bonds. The number of anilines is 2. The van der Waals surface area contributed by atoms with E-state index < -0.39 is 0 Å². The number of allylic oxidation sites excluding steroid dienone is 2. The van der Waals surface area contributed by atoms with Gasteiger partial charge in [-0.3, -0.25) is 0 Å². The Hall–Kier alpha value is -2.32. The van der Waals surface area contributed by atoms with E-state index in [1.54, 1.807) is 12.3 Å². The van der Waals surface area contributed by atoms with Crippen molar-refractivity contribution in [2.45, 2.75) is 19.3 Å². The largest absolute Gasteiger partial charge is 0.461 e. The molecule has 20 heavy (non-hydrogen) atoms. The molecule has 0 aliphatic heterocycles. The van der Waals surface area contributed by atoms with Gasteiger partial charge < -0.3 is 10.1 Å². The van der Waals surface area contributed by atoms with Crippen LogP contribution in [0.25, 0.3) is 0 Å². The van der Waals surface area contributed by atoms with Crippen molar-refractivity contribution in [2.24, 2.45) is 0 Å². The molecule has 0 saturated carbocycles. The molecule has 1 aliphatic rings. The lowest BCUT2D eigenvalue weighted by Crippen LogP contribution is -1.96. The lowest BCUT2D eigenvalue weighted by molar-refractivity contribution is 0.410. The minimum absolute atomic E-state index is 0.544. The van der Waals surface area contributed by atoms with Crippen molar-refractivity contribution in [3.63, 3.8) is 0 Å². The van der Waals surface area contributed by atoms with Gasteiger partial charge in [-0.05, 0) is 31.1 Å². The van der Waals surface area contributed by atoms with E-state index in [4.69, 9.17) is 10.00 Å². The smallest absolute Gasteiger partial charge is 0.187 e. The van der Waals surface area contributed by atoms with E-state index in [-0.39, 0.29) is 0 Å². The minimum Gasteiger partial charge on any atom is -0.461 e. The number of thiazole rings is 1. The number of benzene rings is 1. The molecule has 5 heteroatoms. The maximum absolute atomic E-state index is 9.16. The fourth-order valence-electron chi connectivity index (χ4n) is 2.06. The first kappa shape index (κ1) is 12.7. The monoisotopic (exact) mass is 283 g/mol. The van der Waals surface area contributed by atoms with Crippen LogP contribution in [0.15, 0.2) is 41.6 Å². The second-order valence-corrected chi connectivity index (χ2v) is 5.34. The van der Waals surface area contributed by atoms with Crippen LogP contribution in [0.2, 0.25) is 0 Å². The van der Waals surface area contributed by atoms with Crippen molar-refractivity contribution in [1.29, 1.82) is 5.26 Å². The number of rotatable bonds is 4. The topological polar surface area (TPSA) is 57.9 Å². The first-order valence-electron chi connectivity index (χ1n) is 6.43. The van der Waals surface area contributed by atoms with Gasteiger partial charge in [0.2, 0.25) is 0 Å².